The SMILES string of the molecule is N#Cc1ccc(-c2cc(-c3ccccc3)cc(-c3cccc(-c4cccc(-c5ccc6c(c5)Oc5ccccc5C6(c5ccccc5)c5ccccc5)c4)c3)n2)cc1. The highest BCUT2D eigenvalue weighted by atomic mass is 16.5. The van der Waals surface area contributed by atoms with E-state index in [1.807, 2.05) is 36.4 Å². The van der Waals surface area contributed by atoms with E-state index in [2.05, 4.69) is 188 Å². The molecule has 0 aliphatic carbocycles. The first kappa shape index (κ1) is 34.7. The van der Waals surface area contributed by atoms with Crippen LogP contribution in [-0.2, 0) is 5.41 Å². The van der Waals surface area contributed by atoms with Gasteiger partial charge in [0.05, 0.1) is 28.4 Å². The molecule has 0 amide bonds. The maximum atomic E-state index is 9.39. The third-order valence-electron chi connectivity index (χ3n) is 11.2. The lowest BCUT2D eigenvalue weighted by Crippen LogP contribution is -2.34. The van der Waals surface area contributed by atoms with E-state index >= 15 is 0 Å². The van der Waals surface area contributed by atoms with Crippen molar-refractivity contribution in [3.63, 3.8) is 0 Å². The molecule has 1 aliphatic heterocycles. The molecule has 10 rings (SSSR count). The molecule has 0 spiro atoms. The van der Waals surface area contributed by atoms with Gasteiger partial charge < -0.3 is 4.74 Å². The minimum absolute atomic E-state index is 0.556. The largest absolute Gasteiger partial charge is 0.457 e. The van der Waals surface area contributed by atoms with E-state index in [1.54, 1.807) is 0 Å². The third kappa shape index (κ3) is 6.14. The summed E-state index contributed by atoms with van der Waals surface area (Å²) < 4.78 is 6.79. The van der Waals surface area contributed by atoms with Gasteiger partial charge in [0.25, 0.3) is 0 Å². The summed E-state index contributed by atoms with van der Waals surface area (Å²) in [5, 5.41) is 9.39. The Morgan fingerprint density at radius 2 is 0.845 bits per heavy atom. The molecule has 9 aromatic rings. The van der Waals surface area contributed by atoms with Crippen molar-refractivity contribution in [2.24, 2.45) is 0 Å². The number of hydrogen-bond acceptors (Lipinski definition) is 3. The molecule has 0 radical (unpaired) electrons. The minimum Gasteiger partial charge on any atom is -0.457 e. The molecule has 3 nitrogen and oxygen atoms in total. The first-order chi connectivity index (χ1) is 28.7. The number of nitrogens with zero attached hydrogens (tertiary/aromatic N) is 2. The molecule has 272 valence electrons. The van der Waals surface area contributed by atoms with Crippen LogP contribution in [0.3, 0.4) is 0 Å². The van der Waals surface area contributed by atoms with Gasteiger partial charge >= 0.3 is 0 Å². The van der Waals surface area contributed by atoms with Crippen LogP contribution in [0.2, 0.25) is 0 Å². The third-order valence-corrected chi connectivity index (χ3v) is 11.2. The fourth-order valence-electron chi connectivity index (χ4n) is 8.47. The number of nitriles is 1. The maximum Gasteiger partial charge on any atom is 0.132 e. The number of aromatic nitrogens is 1. The topological polar surface area (TPSA) is 45.9 Å². The Hall–Kier alpha value is -7.80. The van der Waals surface area contributed by atoms with Crippen molar-refractivity contribution in [1.82, 2.24) is 4.98 Å². The molecule has 0 atom stereocenters. The standard InChI is InChI=1S/C55H36N2O/c56-37-38-26-28-40(29-27-38)51-34-46(39-14-4-1-5-15-39)35-52(57-51)45-19-13-18-43(33-45)41-16-12-17-42(32-41)44-30-31-50-54(36-44)58-53-25-11-10-24-49(53)55(50,47-20-6-2-7-21-47)48-22-8-3-9-23-48/h1-36H. The first-order valence-corrected chi connectivity index (χ1v) is 19.5. The second kappa shape index (κ2) is 14.7. The van der Waals surface area contributed by atoms with Crippen molar-refractivity contribution >= 4 is 0 Å². The van der Waals surface area contributed by atoms with Crippen LogP contribution >= 0.6 is 0 Å². The second-order valence-electron chi connectivity index (χ2n) is 14.6. The Morgan fingerprint density at radius 3 is 1.48 bits per heavy atom. The van der Waals surface area contributed by atoms with Crippen LogP contribution in [-0.4, -0.2) is 4.98 Å². The van der Waals surface area contributed by atoms with Crippen LogP contribution < -0.4 is 4.74 Å². The lowest BCUT2D eigenvalue weighted by Gasteiger charge is -2.41. The van der Waals surface area contributed by atoms with E-state index in [9.17, 15) is 5.26 Å². The Morgan fingerprint density at radius 1 is 0.362 bits per heavy atom. The zero-order valence-corrected chi connectivity index (χ0v) is 31.6. The van der Waals surface area contributed by atoms with Gasteiger partial charge in [-0.2, -0.15) is 5.26 Å². The number of pyridine rings is 1. The number of ether oxygens (including phenoxy) is 1. The summed E-state index contributed by atoms with van der Waals surface area (Å²) in [6.45, 7) is 0. The quantitative estimate of drug-likeness (QED) is 0.163. The van der Waals surface area contributed by atoms with Gasteiger partial charge in [-0.15, -0.1) is 0 Å². The maximum absolute atomic E-state index is 9.39. The molecule has 0 N–H and O–H groups in total. The Kier molecular flexibility index (Phi) is 8.78. The molecule has 0 unspecified atom stereocenters. The predicted octanol–water partition coefficient (Wildman–Crippen LogP) is 13.8. The molecule has 8 aromatic carbocycles. The number of benzene rings is 8. The van der Waals surface area contributed by atoms with Crippen LogP contribution in [0.1, 0.15) is 27.8 Å². The van der Waals surface area contributed by atoms with Crippen molar-refractivity contribution in [2.45, 2.75) is 5.41 Å². The number of rotatable bonds is 7. The van der Waals surface area contributed by atoms with Gasteiger partial charge in [-0.3, -0.25) is 0 Å². The van der Waals surface area contributed by atoms with E-state index in [0.717, 1.165) is 78.5 Å². The molecule has 58 heavy (non-hydrogen) atoms. The molecule has 0 saturated carbocycles. The van der Waals surface area contributed by atoms with E-state index in [-0.39, 0.29) is 0 Å². The van der Waals surface area contributed by atoms with E-state index in [0.29, 0.717) is 5.56 Å². The van der Waals surface area contributed by atoms with Gasteiger partial charge in [0.15, 0.2) is 0 Å². The van der Waals surface area contributed by atoms with Crippen molar-refractivity contribution < 1.29 is 4.74 Å². The molecule has 1 aromatic heterocycles. The summed E-state index contributed by atoms with van der Waals surface area (Å²) in [6.07, 6.45) is 0. The lowest BCUT2D eigenvalue weighted by molar-refractivity contribution is 0.435. The summed E-state index contributed by atoms with van der Waals surface area (Å²) in [6, 6.07) is 78.5. The number of para-hydroxylation sites is 1. The van der Waals surface area contributed by atoms with Crippen LogP contribution in [0.4, 0.5) is 0 Å². The summed E-state index contributed by atoms with van der Waals surface area (Å²) in [4.78, 5) is 5.17. The van der Waals surface area contributed by atoms with Gasteiger partial charge in [-0.05, 0) is 93.0 Å². The van der Waals surface area contributed by atoms with Gasteiger partial charge in [0, 0.05) is 22.3 Å². The Bertz CT molecular complexity index is 2930. The summed E-state index contributed by atoms with van der Waals surface area (Å²) >= 11 is 0. The molecular weight excluding hydrogens is 705 g/mol. The summed E-state index contributed by atoms with van der Waals surface area (Å²) in [5.41, 5.74) is 15.0. The fourth-order valence-corrected chi connectivity index (χ4v) is 8.47. The van der Waals surface area contributed by atoms with E-state index in [4.69, 9.17) is 9.72 Å². The van der Waals surface area contributed by atoms with Crippen LogP contribution in [0.5, 0.6) is 11.5 Å². The van der Waals surface area contributed by atoms with Gasteiger partial charge in [0.2, 0.25) is 0 Å². The molecular formula is C55H36N2O. The molecule has 1 aliphatic rings. The highest BCUT2D eigenvalue weighted by Gasteiger charge is 2.45. The van der Waals surface area contributed by atoms with Crippen molar-refractivity contribution in [3.8, 4) is 73.5 Å². The monoisotopic (exact) mass is 740 g/mol. The minimum atomic E-state index is -0.556. The molecule has 0 bridgehead atoms. The highest BCUT2D eigenvalue weighted by molar-refractivity contribution is 5.81. The fraction of sp³-hybridized carbons (Fsp3) is 0.0182. The predicted molar refractivity (Wildman–Crippen MR) is 235 cm³/mol. The van der Waals surface area contributed by atoms with Crippen molar-refractivity contribution in [2.75, 3.05) is 0 Å². The first-order valence-electron chi connectivity index (χ1n) is 19.5. The summed E-state index contributed by atoms with van der Waals surface area (Å²) in [5.74, 6) is 1.71. The summed E-state index contributed by atoms with van der Waals surface area (Å²) in [7, 11) is 0. The number of fused-ring (bicyclic) bond motifs is 2. The average Bonchev–Trinajstić information content (AvgIpc) is 3.31. The average molecular weight is 741 g/mol. The van der Waals surface area contributed by atoms with Crippen molar-refractivity contribution in [3.05, 3.63) is 246 Å². The smallest absolute Gasteiger partial charge is 0.132 e. The highest BCUT2D eigenvalue weighted by Crippen LogP contribution is 2.55. The van der Waals surface area contributed by atoms with Gasteiger partial charge in [-0.25, -0.2) is 4.98 Å². The van der Waals surface area contributed by atoms with Crippen LogP contribution in [0.15, 0.2) is 218 Å². The molecule has 3 heteroatoms. The Balaban J connectivity index is 1.05. The molecule has 2 heterocycles. The Labute approximate surface area is 338 Å². The second-order valence-corrected chi connectivity index (χ2v) is 14.6. The zero-order valence-electron chi connectivity index (χ0n) is 31.6. The molecule has 0 saturated heterocycles. The van der Waals surface area contributed by atoms with Crippen LogP contribution in [0, 0.1) is 11.3 Å². The van der Waals surface area contributed by atoms with Gasteiger partial charge in [-0.1, -0.05) is 170 Å². The molecule has 0 fully saturated rings. The normalized spacial score (nSPS) is 12.4. The number of hydrogen-bond donors (Lipinski definition) is 0. The van der Waals surface area contributed by atoms with Gasteiger partial charge in [0.1, 0.15) is 11.5 Å². The van der Waals surface area contributed by atoms with Crippen molar-refractivity contribution in [1.29, 1.82) is 5.26 Å². The lowest BCUT2D eigenvalue weighted by atomic mass is 9.63. The van der Waals surface area contributed by atoms with E-state index < -0.39 is 5.41 Å². The zero-order chi connectivity index (χ0) is 38.9. The van der Waals surface area contributed by atoms with Crippen LogP contribution in [0.25, 0.3) is 55.9 Å². The van der Waals surface area contributed by atoms with E-state index in [1.165, 1.54) is 11.1 Å².